The average Bonchev–Trinajstić information content (AvgIpc) is 3.05. The standard InChI is InChI=1S/C17H11BrClNOS/c18-9-16(21)12-1-3-13(4-2-12)17-20-15(10-22-17)11-5-7-14(19)8-6-11/h1-8,10H,9H2. The highest BCUT2D eigenvalue weighted by atomic mass is 79.9. The van der Waals surface area contributed by atoms with E-state index in [9.17, 15) is 4.79 Å². The number of thiazole rings is 1. The molecule has 22 heavy (non-hydrogen) atoms. The minimum atomic E-state index is 0.0764. The van der Waals surface area contributed by atoms with Crippen molar-refractivity contribution in [1.82, 2.24) is 4.98 Å². The zero-order valence-electron chi connectivity index (χ0n) is 11.4. The molecule has 0 fully saturated rings. The smallest absolute Gasteiger partial charge is 0.173 e. The number of halogens is 2. The summed E-state index contributed by atoms with van der Waals surface area (Å²) in [6.07, 6.45) is 0. The third-order valence-electron chi connectivity index (χ3n) is 3.22. The van der Waals surface area contributed by atoms with Crippen LogP contribution in [0.15, 0.2) is 53.9 Å². The molecular formula is C17H11BrClNOS. The van der Waals surface area contributed by atoms with E-state index in [2.05, 4.69) is 20.9 Å². The minimum absolute atomic E-state index is 0.0764. The van der Waals surface area contributed by atoms with Gasteiger partial charge in [-0.15, -0.1) is 11.3 Å². The number of hydrogen-bond donors (Lipinski definition) is 0. The molecule has 0 bridgehead atoms. The molecule has 1 aromatic heterocycles. The van der Waals surface area contributed by atoms with Gasteiger partial charge in [0.2, 0.25) is 0 Å². The Kier molecular flexibility index (Phi) is 4.71. The van der Waals surface area contributed by atoms with Gasteiger partial charge < -0.3 is 0 Å². The summed E-state index contributed by atoms with van der Waals surface area (Å²) in [5.74, 6) is 0.0764. The van der Waals surface area contributed by atoms with E-state index in [1.54, 1.807) is 11.3 Å². The topological polar surface area (TPSA) is 30.0 Å². The lowest BCUT2D eigenvalue weighted by Crippen LogP contribution is -1.98. The van der Waals surface area contributed by atoms with E-state index in [0.717, 1.165) is 21.8 Å². The fourth-order valence-electron chi connectivity index (χ4n) is 2.04. The van der Waals surface area contributed by atoms with Crippen molar-refractivity contribution >= 4 is 44.7 Å². The van der Waals surface area contributed by atoms with Crippen LogP contribution in [-0.2, 0) is 0 Å². The number of hydrogen-bond acceptors (Lipinski definition) is 3. The summed E-state index contributed by atoms with van der Waals surface area (Å²) >= 11 is 10.7. The molecule has 1 heterocycles. The lowest BCUT2D eigenvalue weighted by Gasteiger charge is -2.00. The van der Waals surface area contributed by atoms with Gasteiger partial charge in [-0.25, -0.2) is 4.98 Å². The molecule has 110 valence electrons. The molecule has 0 saturated heterocycles. The molecule has 3 aromatic rings. The van der Waals surface area contributed by atoms with Crippen LogP contribution in [0.4, 0.5) is 0 Å². The fraction of sp³-hybridized carbons (Fsp3) is 0.0588. The van der Waals surface area contributed by atoms with Crippen molar-refractivity contribution in [3.8, 4) is 21.8 Å². The molecule has 5 heteroatoms. The largest absolute Gasteiger partial charge is 0.293 e. The highest BCUT2D eigenvalue weighted by Crippen LogP contribution is 2.29. The molecule has 0 aliphatic rings. The zero-order chi connectivity index (χ0) is 15.5. The summed E-state index contributed by atoms with van der Waals surface area (Å²) in [5, 5.41) is 4.01. The zero-order valence-corrected chi connectivity index (χ0v) is 14.6. The monoisotopic (exact) mass is 391 g/mol. The Labute approximate surface area is 145 Å². The Bertz CT molecular complexity index is 796. The predicted octanol–water partition coefficient (Wildman–Crippen LogP) is 5.71. The first-order valence-electron chi connectivity index (χ1n) is 6.58. The summed E-state index contributed by atoms with van der Waals surface area (Å²) < 4.78 is 0. The van der Waals surface area contributed by atoms with E-state index < -0.39 is 0 Å². The number of benzene rings is 2. The van der Waals surface area contributed by atoms with Gasteiger partial charge in [0.05, 0.1) is 11.0 Å². The Morgan fingerprint density at radius 3 is 2.32 bits per heavy atom. The number of carbonyl (C=O) groups excluding carboxylic acids is 1. The molecular weight excluding hydrogens is 382 g/mol. The van der Waals surface area contributed by atoms with Gasteiger partial charge in [-0.05, 0) is 12.1 Å². The Morgan fingerprint density at radius 2 is 1.68 bits per heavy atom. The second-order valence-corrected chi connectivity index (χ2v) is 6.53. The van der Waals surface area contributed by atoms with Gasteiger partial charge in [0, 0.05) is 27.1 Å². The van der Waals surface area contributed by atoms with Crippen molar-refractivity contribution in [2.75, 3.05) is 5.33 Å². The number of nitrogens with zero attached hydrogens (tertiary/aromatic N) is 1. The SMILES string of the molecule is O=C(CBr)c1ccc(-c2nc(-c3ccc(Cl)cc3)cs2)cc1. The molecule has 0 amide bonds. The average molecular weight is 393 g/mol. The van der Waals surface area contributed by atoms with Crippen molar-refractivity contribution in [3.63, 3.8) is 0 Å². The van der Waals surface area contributed by atoms with Crippen molar-refractivity contribution in [2.24, 2.45) is 0 Å². The van der Waals surface area contributed by atoms with Crippen LogP contribution in [0.2, 0.25) is 5.02 Å². The first-order valence-corrected chi connectivity index (χ1v) is 8.96. The molecule has 0 aliphatic heterocycles. The number of alkyl halides is 1. The molecule has 0 unspecified atom stereocenters. The second-order valence-electron chi connectivity index (χ2n) is 4.68. The molecule has 0 spiro atoms. The first-order chi connectivity index (χ1) is 10.7. The van der Waals surface area contributed by atoms with Crippen LogP contribution in [0.1, 0.15) is 10.4 Å². The van der Waals surface area contributed by atoms with E-state index in [1.165, 1.54) is 0 Å². The van der Waals surface area contributed by atoms with Crippen molar-refractivity contribution in [1.29, 1.82) is 0 Å². The van der Waals surface area contributed by atoms with Gasteiger partial charge in [0.15, 0.2) is 5.78 Å². The molecule has 0 aliphatic carbocycles. The quantitative estimate of drug-likeness (QED) is 0.420. The summed E-state index contributed by atoms with van der Waals surface area (Å²) in [4.78, 5) is 16.3. The van der Waals surface area contributed by atoms with E-state index in [4.69, 9.17) is 11.6 Å². The molecule has 0 radical (unpaired) electrons. The maximum atomic E-state index is 11.6. The summed E-state index contributed by atoms with van der Waals surface area (Å²) in [7, 11) is 0. The maximum absolute atomic E-state index is 11.6. The molecule has 0 saturated carbocycles. The van der Waals surface area contributed by atoms with Gasteiger partial charge in [-0.3, -0.25) is 4.79 Å². The van der Waals surface area contributed by atoms with Crippen LogP contribution in [0.3, 0.4) is 0 Å². The van der Waals surface area contributed by atoms with Gasteiger partial charge in [0.1, 0.15) is 5.01 Å². The van der Waals surface area contributed by atoms with Crippen LogP contribution in [0.25, 0.3) is 21.8 Å². The summed E-state index contributed by atoms with van der Waals surface area (Å²) in [5.41, 5.74) is 3.68. The number of carbonyl (C=O) groups is 1. The number of ketones is 1. The van der Waals surface area contributed by atoms with Gasteiger partial charge in [-0.2, -0.15) is 0 Å². The highest BCUT2D eigenvalue weighted by Gasteiger charge is 2.08. The third kappa shape index (κ3) is 3.29. The molecule has 2 nitrogen and oxygen atoms in total. The Balaban J connectivity index is 1.87. The molecule has 3 rings (SSSR count). The van der Waals surface area contributed by atoms with Gasteiger partial charge in [-0.1, -0.05) is 63.9 Å². The van der Waals surface area contributed by atoms with Crippen molar-refractivity contribution < 1.29 is 4.79 Å². The third-order valence-corrected chi connectivity index (χ3v) is 4.87. The van der Waals surface area contributed by atoms with Crippen LogP contribution < -0.4 is 0 Å². The van der Waals surface area contributed by atoms with Crippen LogP contribution in [0, 0.1) is 0 Å². The Morgan fingerprint density at radius 1 is 1.05 bits per heavy atom. The van der Waals surface area contributed by atoms with Crippen LogP contribution in [-0.4, -0.2) is 16.1 Å². The maximum Gasteiger partial charge on any atom is 0.173 e. The highest BCUT2D eigenvalue weighted by molar-refractivity contribution is 9.09. The van der Waals surface area contributed by atoms with Crippen molar-refractivity contribution in [2.45, 2.75) is 0 Å². The number of aromatic nitrogens is 1. The van der Waals surface area contributed by atoms with Gasteiger partial charge in [0.25, 0.3) is 0 Å². The molecule has 0 atom stereocenters. The molecule has 2 aromatic carbocycles. The predicted molar refractivity (Wildman–Crippen MR) is 96.1 cm³/mol. The summed E-state index contributed by atoms with van der Waals surface area (Å²) in [6.45, 7) is 0. The molecule has 0 N–H and O–H groups in total. The van der Waals surface area contributed by atoms with Crippen molar-refractivity contribution in [3.05, 3.63) is 64.5 Å². The normalized spacial score (nSPS) is 10.6. The first kappa shape index (κ1) is 15.4. The Hall–Kier alpha value is -1.49. The van der Waals surface area contributed by atoms with E-state index in [-0.39, 0.29) is 5.78 Å². The lowest BCUT2D eigenvalue weighted by molar-refractivity contribution is 0.102. The van der Waals surface area contributed by atoms with E-state index >= 15 is 0 Å². The van der Waals surface area contributed by atoms with Gasteiger partial charge >= 0.3 is 0 Å². The van der Waals surface area contributed by atoms with Crippen LogP contribution in [0.5, 0.6) is 0 Å². The van der Waals surface area contributed by atoms with E-state index in [1.807, 2.05) is 53.9 Å². The fourth-order valence-corrected chi connectivity index (χ4v) is 3.32. The number of Topliss-reactive ketones (excluding diaryl/α,β-unsaturated/α-hetero) is 1. The van der Waals surface area contributed by atoms with E-state index in [0.29, 0.717) is 15.9 Å². The number of rotatable bonds is 4. The van der Waals surface area contributed by atoms with Crippen LogP contribution >= 0.6 is 38.9 Å². The summed E-state index contributed by atoms with van der Waals surface area (Å²) in [6, 6.07) is 15.2. The lowest BCUT2D eigenvalue weighted by atomic mass is 10.1. The second kappa shape index (κ2) is 6.73. The minimum Gasteiger partial charge on any atom is -0.293 e.